The Morgan fingerprint density at radius 3 is 2.43 bits per heavy atom. The van der Waals surface area contributed by atoms with E-state index in [0.717, 1.165) is 31.0 Å². The summed E-state index contributed by atoms with van der Waals surface area (Å²) in [7, 11) is 0. The summed E-state index contributed by atoms with van der Waals surface area (Å²) in [5.41, 5.74) is 13.1. The van der Waals surface area contributed by atoms with Crippen molar-refractivity contribution in [2.75, 3.05) is 29.0 Å². The number of hydrogen-bond acceptors (Lipinski definition) is 7. The molecule has 0 radical (unpaired) electrons. The van der Waals surface area contributed by atoms with Crippen LogP contribution in [-0.2, 0) is 0 Å². The fraction of sp³-hybridized carbons (Fsp3) is 0.308. The molecule has 0 aliphatic carbocycles. The average Bonchev–Trinajstić information content (AvgIpc) is 2.85. The number of nitrogens with one attached hydrogen (secondary N) is 1. The number of nitrogen functional groups attached to an aromatic ring is 1. The van der Waals surface area contributed by atoms with Crippen LogP contribution in [0.15, 0.2) is 52.3 Å². The Morgan fingerprint density at radius 2 is 1.78 bits per heavy atom. The lowest BCUT2D eigenvalue weighted by molar-refractivity contribution is 0.102. The van der Waals surface area contributed by atoms with E-state index in [-0.39, 0.29) is 17.8 Å². The Balaban J connectivity index is 1.74. The van der Waals surface area contributed by atoms with Gasteiger partial charge in [-0.3, -0.25) is 14.6 Å². The standard InChI is InChI=1S/C26H29F2N7O2/c1-15(2)31-14-17-20(30)6-7-21(24(17)34-12-10-16(29)11-13-34)32-26(37)22-8-9-23(36)35(33-22)25-18(27)4-3-5-19(25)28/h3-9,14-16H,10-13,29-30H2,1-2H3,(H,32,37). The Morgan fingerprint density at radius 1 is 1.11 bits per heavy atom. The van der Waals surface area contributed by atoms with Gasteiger partial charge in [-0.2, -0.15) is 9.78 Å². The van der Waals surface area contributed by atoms with Crippen molar-refractivity contribution in [3.8, 4) is 5.69 Å². The summed E-state index contributed by atoms with van der Waals surface area (Å²) < 4.78 is 29.2. The van der Waals surface area contributed by atoms with E-state index in [1.165, 1.54) is 12.1 Å². The van der Waals surface area contributed by atoms with Crippen LogP contribution in [0.2, 0.25) is 0 Å². The minimum atomic E-state index is -0.981. The van der Waals surface area contributed by atoms with Gasteiger partial charge in [-0.25, -0.2) is 8.78 Å². The number of para-hydroxylation sites is 1. The number of anilines is 3. The smallest absolute Gasteiger partial charge is 0.276 e. The molecule has 0 bridgehead atoms. The second kappa shape index (κ2) is 10.9. The number of aromatic nitrogens is 2. The average molecular weight is 510 g/mol. The molecular formula is C26H29F2N7O2. The molecular weight excluding hydrogens is 480 g/mol. The molecule has 1 aromatic heterocycles. The summed E-state index contributed by atoms with van der Waals surface area (Å²) in [6.45, 7) is 5.20. The molecule has 3 aromatic rings. The molecule has 37 heavy (non-hydrogen) atoms. The first-order valence-corrected chi connectivity index (χ1v) is 12.0. The number of carbonyl (C=O) groups excluding carboxylic acids is 1. The molecule has 1 amide bonds. The zero-order chi connectivity index (χ0) is 26.7. The van der Waals surface area contributed by atoms with Crippen LogP contribution in [0.5, 0.6) is 0 Å². The van der Waals surface area contributed by atoms with E-state index in [1.807, 2.05) is 13.8 Å². The van der Waals surface area contributed by atoms with Gasteiger partial charge in [0.05, 0.1) is 11.4 Å². The van der Waals surface area contributed by atoms with Gasteiger partial charge in [0.15, 0.2) is 11.6 Å². The van der Waals surface area contributed by atoms with Crippen LogP contribution in [0.4, 0.5) is 25.8 Å². The number of amides is 1. The van der Waals surface area contributed by atoms with Crippen LogP contribution in [0.3, 0.4) is 0 Å². The third-order valence-corrected chi connectivity index (χ3v) is 6.04. The fourth-order valence-corrected chi connectivity index (χ4v) is 4.12. The minimum absolute atomic E-state index is 0.0318. The molecule has 11 heteroatoms. The highest BCUT2D eigenvalue weighted by atomic mass is 19.1. The van der Waals surface area contributed by atoms with Crippen LogP contribution in [0, 0.1) is 11.6 Å². The first-order valence-electron chi connectivity index (χ1n) is 12.0. The van der Waals surface area contributed by atoms with Gasteiger partial charge in [-0.1, -0.05) is 6.07 Å². The Hall–Kier alpha value is -4.12. The molecule has 2 aromatic carbocycles. The number of carbonyl (C=O) groups is 1. The van der Waals surface area contributed by atoms with Crippen molar-refractivity contribution < 1.29 is 13.6 Å². The van der Waals surface area contributed by atoms with Crippen LogP contribution in [-0.4, -0.2) is 47.1 Å². The van der Waals surface area contributed by atoms with Gasteiger partial charge in [0.25, 0.3) is 11.5 Å². The molecule has 194 valence electrons. The number of halogens is 2. The van der Waals surface area contributed by atoms with Gasteiger partial charge in [0, 0.05) is 48.7 Å². The predicted octanol–water partition coefficient (Wildman–Crippen LogP) is 3.10. The fourth-order valence-electron chi connectivity index (χ4n) is 4.12. The summed E-state index contributed by atoms with van der Waals surface area (Å²) in [6.07, 6.45) is 3.23. The molecule has 0 saturated carbocycles. The number of nitrogens with two attached hydrogens (primary N) is 2. The summed E-state index contributed by atoms with van der Waals surface area (Å²) in [6, 6.07) is 8.88. The molecule has 5 N–H and O–H groups in total. The van der Waals surface area contributed by atoms with Gasteiger partial charge in [-0.15, -0.1) is 0 Å². The Kier molecular flexibility index (Phi) is 7.63. The lowest BCUT2D eigenvalue weighted by Gasteiger charge is -2.34. The number of piperidine rings is 1. The van der Waals surface area contributed by atoms with E-state index in [9.17, 15) is 18.4 Å². The molecule has 1 aliphatic heterocycles. The van der Waals surface area contributed by atoms with Crippen molar-refractivity contribution >= 4 is 29.2 Å². The molecule has 9 nitrogen and oxygen atoms in total. The highest BCUT2D eigenvalue weighted by Crippen LogP contribution is 2.35. The summed E-state index contributed by atoms with van der Waals surface area (Å²) >= 11 is 0. The number of rotatable bonds is 6. The maximum absolute atomic E-state index is 14.3. The molecule has 0 spiro atoms. The summed E-state index contributed by atoms with van der Waals surface area (Å²) in [5.74, 6) is -2.63. The maximum Gasteiger partial charge on any atom is 0.276 e. The van der Waals surface area contributed by atoms with Crippen LogP contribution < -0.4 is 27.2 Å². The van der Waals surface area contributed by atoms with Crippen molar-refractivity contribution in [3.05, 3.63) is 75.7 Å². The van der Waals surface area contributed by atoms with Crippen LogP contribution in [0.1, 0.15) is 42.7 Å². The number of hydrogen-bond donors (Lipinski definition) is 3. The van der Waals surface area contributed by atoms with Crippen molar-refractivity contribution in [3.63, 3.8) is 0 Å². The summed E-state index contributed by atoms with van der Waals surface area (Å²) in [4.78, 5) is 32.2. The highest BCUT2D eigenvalue weighted by molar-refractivity contribution is 6.08. The molecule has 4 rings (SSSR count). The molecule has 2 heterocycles. The molecule has 0 atom stereocenters. The van der Waals surface area contributed by atoms with E-state index in [1.54, 1.807) is 18.3 Å². The topological polar surface area (TPSA) is 132 Å². The largest absolute Gasteiger partial charge is 0.398 e. The van der Waals surface area contributed by atoms with Crippen LogP contribution in [0.25, 0.3) is 5.69 Å². The maximum atomic E-state index is 14.3. The molecule has 1 aliphatic rings. The van der Waals surface area contributed by atoms with Crippen molar-refractivity contribution in [1.82, 2.24) is 9.78 Å². The van der Waals surface area contributed by atoms with E-state index in [0.29, 0.717) is 40.4 Å². The van der Waals surface area contributed by atoms with E-state index < -0.39 is 28.8 Å². The molecule has 1 saturated heterocycles. The van der Waals surface area contributed by atoms with Gasteiger partial charge in [0.1, 0.15) is 11.4 Å². The zero-order valence-corrected chi connectivity index (χ0v) is 20.6. The first kappa shape index (κ1) is 26.0. The minimum Gasteiger partial charge on any atom is -0.398 e. The predicted molar refractivity (Wildman–Crippen MR) is 141 cm³/mol. The SMILES string of the molecule is CC(C)N=Cc1c(N)ccc(NC(=O)c2ccc(=O)n(-c3c(F)cccc3F)n2)c1N1CCC(N)CC1. The van der Waals surface area contributed by atoms with Crippen molar-refractivity contribution in [2.45, 2.75) is 38.8 Å². The second-order valence-corrected chi connectivity index (χ2v) is 9.15. The quantitative estimate of drug-likeness (QED) is 0.346. The van der Waals surface area contributed by atoms with Gasteiger partial charge < -0.3 is 21.7 Å². The van der Waals surface area contributed by atoms with Gasteiger partial charge in [-0.05, 0) is 57.0 Å². The van der Waals surface area contributed by atoms with Crippen LogP contribution >= 0.6 is 0 Å². The molecule has 1 fully saturated rings. The van der Waals surface area contributed by atoms with Gasteiger partial charge in [0.2, 0.25) is 0 Å². The monoisotopic (exact) mass is 509 g/mol. The number of nitrogens with zero attached hydrogens (tertiary/aromatic N) is 4. The highest BCUT2D eigenvalue weighted by Gasteiger charge is 2.24. The van der Waals surface area contributed by atoms with Crippen molar-refractivity contribution in [1.29, 1.82) is 0 Å². The van der Waals surface area contributed by atoms with E-state index in [4.69, 9.17) is 11.5 Å². The third kappa shape index (κ3) is 5.67. The number of benzene rings is 2. The Bertz CT molecular complexity index is 1380. The first-order chi connectivity index (χ1) is 17.7. The Labute approximate surface area is 212 Å². The lowest BCUT2D eigenvalue weighted by Crippen LogP contribution is -2.40. The second-order valence-electron chi connectivity index (χ2n) is 9.15. The van der Waals surface area contributed by atoms with Gasteiger partial charge >= 0.3 is 0 Å². The molecule has 0 unspecified atom stereocenters. The zero-order valence-electron chi connectivity index (χ0n) is 20.6. The third-order valence-electron chi connectivity index (χ3n) is 6.04. The van der Waals surface area contributed by atoms with Crippen molar-refractivity contribution in [2.24, 2.45) is 10.7 Å². The summed E-state index contributed by atoms with van der Waals surface area (Å²) in [5, 5.41) is 6.77. The lowest BCUT2D eigenvalue weighted by atomic mass is 10.0. The van der Waals surface area contributed by atoms with E-state index in [2.05, 4.69) is 20.3 Å². The van der Waals surface area contributed by atoms with E-state index >= 15 is 0 Å². The normalized spacial score (nSPS) is 14.5. The number of aliphatic imine (C=N–C) groups is 1.